The standard InChI is InChI=1S/C17H19NO4/c1-12(2)9-18(17(19)15-7-4-8-20-15)10-13-5-3-6-14-16(13)22-11-21-14/h3-8,12H,9-11H2,1-2H3. The smallest absolute Gasteiger partial charge is 0.289 e. The Morgan fingerprint density at radius 3 is 2.82 bits per heavy atom. The molecular weight excluding hydrogens is 282 g/mol. The molecule has 0 aliphatic carbocycles. The first kappa shape index (κ1) is 14.5. The van der Waals surface area contributed by atoms with Crippen molar-refractivity contribution in [3.05, 3.63) is 47.9 Å². The topological polar surface area (TPSA) is 51.9 Å². The molecule has 1 aliphatic heterocycles. The van der Waals surface area contributed by atoms with E-state index < -0.39 is 0 Å². The number of furan rings is 1. The predicted molar refractivity (Wildman–Crippen MR) is 80.9 cm³/mol. The van der Waals surface area contributed by atoms with Gasteiger partial charge < -0.3 is 18.8 Å². The lowest BCUT2D eigenvalue weighted by Crippen LogP contribution is -2.33. The van der Waals surface area contributed by atoms with Gasteiger partial charge in [0.15, 0.2) is 17.3 Å². The van der Waals surface area contributed by atoms with Gasteiger partial charge in [0.25, 0.3) is 5.91 Å². The lowest BCUT2D eigenvalue weighted by molar-refractivity contribution is 0.0688. The van der Waals surface area contributed by atoms with Crippen LogP contribution in [0.1, 0.15) is 30.0 Å². The number of carbonyl (C=O) groups is 1. The third-order valence-corrected chi connectivity index (χ3v) is 3.44. The molecule has 5 nitrogen and oxygen atoms in total. The van der Waals surface area contributed by atoms with Gasteiger partial charge >= 0.3 is 0 Å². The average molecular weight is 301 g/mol. The van der Waals surface area contributed by atoms with Crippen LogP contribution in [0.5, 0.6) is 11.5 Å². The van der Waals surface area contributed by atoms with Crippen LogP contribution in [-0.4, -0.2) is 24.1 Å². The van der Waals surface area contributed by atoms with Crippen LogP contribution in [0.3, 0.4) is 0 Å². The molecular formula is C17H19NO4. The van der Waals surface area contributed by atoms with Gasteiger partial charge in [-0.2, -0.15) is 0 Å². The van der Waals surface area contributed by atoms with Crippen molar-refractivity contribution in [2.75, 3.05) is 13.3 Å². The van der Waals surface area contributed by atoms with Gasteiger partial charge in [0.2, 0.25) is 6.79 Å². The lowest BCUT2D eigenvalue weighted by atomic mass is 10.1. The Kier molecular flexibility index (Phi) is 4.04. The average Bonchev–Trinajstić information content (AvgIpc) is 3.17. The summed E-state index contributed by atoms with van der Waals surface area (Å²) in [5.41, 5.74) is 0.940. The van der Waals surface area contributed by atoms with Crippen molar-refractivity contribution in [1.29, 1.82) is 0 Å². The van der Waals surface area contributed by atoms with E-state index in [1.54, 1.807) is 17.0 Å². The van der Waals surface area contributed by atoms with Gasteiger partial charge in [-0.3, -0.25) is 4.79 Å². The molecule has 116 valence electrons. The third-order valence-electron chi connectivity index (χ3n) is 3.44. The maximum atomic E-state index is 12.6. The Morgan fingerprint density at radius 1 is 1.23 bits per heavy atom. The van der Waals surface area contributed by atoms with Crippen molar-refractivity contribution in [3.8, 4) is 11.5 Å². The van der Waals surface area contributed by atoms with Gasteiger partial charge in [-0.1, -0.05) is 26.0 Å². The van der Waals surface area contributed by atoms with Crippen molar-refractivity contribution in [3.63, 3.8) is 0 Å². The molecule has 0 radical (unpaired) electrons. The van der Waals surface area contributed by atoms with E-state index in [-0.39, 0.29) is 12.7 Å². The van der Waals surface area contributed by atoms with E-state index in [1.807, 2.05) is 18.2 Å². The molecule has 2 heterocycles. The molecule has 0 saturated carbocycles. The number of rotatable bonds is 5. The van der Waals surface area contributed by atoms with Crippen molar-refractivity contribution in [2.45, 2.75) is 20.4 Å². The highest BCUT2D eigenvalue weighted by molar-refractivity contribution is 5.91. The highest BCUT2D eigenvalue weighted by atomic mass is 16.7. The lowest BCUT2D eigenvalue weighted by Gasteiger charge is -2.24. The third kappa shape index (κ3) is 2.93. The van der Waals surface area contributed by atoms with Gasteiger partial charge in [0.05, 0.1) is 6.26 Å². The summed E-state index contributed by atoms with van der Waals surface area (Å²) in [6, 6.07) is 9.14. The number of nitrogens with zero attached hydrogens (tertiary/aromatic N) is 1. The van der Waals surface area contributed by atoms with Gasteiger partial charge in [-0.25, -0.2) is 0 Å². The first-order valence-corrected chi connectivity index (χ1v) is 7.35. The first-order chi connectivity index (χ1) is 10.6. The molecule has 0 bridgehead atoms. The van der Waals surface area contributed by atoms with E-state index in [0.717, 1.165) is 17.1 Å². The second-order valence-corrected chi connectivity index (χ2v) is 5.71. The van der Waals surface area contributed by atoms with Crippen LogP contribution in [0.4, 0.5) is 0 Å². The fourth-order valence-electron chi connectivity index (χ4n) is 2.54. The second-order valence-electron chi connectivity index (χ2n) is 5.71. The zero-order valence-electron chi connectivity index (χ0n) is 12.7. The molecule has 3 rings (SSSR count). The molecule has 1 aromatic carbocycles. The number of amides is 1. The molecule has 0 N–H and O–H groups in total. The van der Waals surface area contributed by atoms with Crippen LogP contribution in [0.15, 0.2) is 41.0 Å². The second kappa shape index (κ2) is 6.13. The molecule has 1 aliphatic rings. The summed E-state index contributed by atoms with van der Waals surface area (Å²) in [6.07, 6.45) is 1.51. The van der Waals surface area contributed by atoms with Crippen LogP contribution in [0.25, 0.3) is 0 Å². The number of hydrogen-bond acceptors (Lipinski definition) is 4. The quantitative estimate of drug-likeness (QED) is 0.850. The number of ether oxygens (including phenoxy) is 2. The number of hydrogen-bond donors (Lipinski definition) is 0. The fourth-order valence-corrected chi connectivity index (χ4v) is 2.54. The summed E-state index contributed by atoms with van der Waals surface area (Å²) >= 11 is 0. The summed E-state index contributed by atoms with van der Waals surface area (Å²) < 4.78 is 16.2. The Hall–Kier alpha value is -2.43. The summed E-state index contributed by atoms with van der Waals surface area (Å²) in [7, 11) is 0. The monoisotopic (exact) mass is 301 g/mol. The molecule has 1 amide bonds. The van der Waals surface area contributed by atoms with Crippen molar-refractivity contribution in [2.24, 2.45) is 5.92 Å². The minimum atomic E-state index is -0.116. The van der Waals surface area contributed by atoms with E-state index in [1.165, 1.54) is 6.26 Å². The molecule has 0 unspecified atom stereocenters. The molecule has 0 atom stereocenters. The maximum Gasteiger partial charge on any atom is 0.289 e. The molecule has 1 aromatic heterocycles. The fraction of sp³-hybridized carbons (Fsp3) is 0.353. The summed E-state index contributed by atoms with van der Waals surface area (Å²) in [5, 5.41) is 0. The maximum absolute atomic E-state index is 12.6. The number of para-hydroxylation sites is 1. The highest BCUT2D eigenvalue weighted by Crippen LogP contribution is 2.36. The Morgan fingerprint density at radius 2 is 2.09 bits per heavy atom. The van der Waals surface area contributed by atoms with Crippen molar-refractivity contribution >= 4 is 5.91 Å². The zero-order valence-corrected chi connectivity index (χ0v) is 12.7. The van der Waals surface area contributed by atoms with E-state index in [4.69, 9.17) is 13.9 Å². The molecule has 0 saturated heterocycles. The summed E-state index contributed by atoms with van der Waals surface area (Å²) in [6.45, 7) is 5.49. The van der Waals surface area contributed by atoms with E-state index >= 15 is 0 Å². The van der Waals surface area contributed by atoms with Gasteiger partial charge in [0, 0.05) is 18.7 Å². The number of carbonyl (C=O) groups excluding carboxylic acids is 1. The Balaban J connectivity index is 1.84. The first-order valence-electron chi connectivity index (χ1n) is 7.35. The predicted octanol–water partition coefficient (Wildman–Crippen LogP) is 3.31. The summed E-state index contributed by atoms with van der Waals surface area (Å²) in [5.74, 6) is 2.05. The largest absolute Gasteiger partial charge is 0.459 e. The summed E-state index contributed by atoms with van der Waals surface area (Å²) in [4.78, 5) is 14.4. The zero-order chi connectivity index (χ0) is 15.5. The normalized spacial score (nSPS) is 12.7. The number of benzene rings is 1. The molecule has 0 fully saturated rings. The Bertz CT molecular complexity index is 649. The minimum absolute atomic E-state index is 0.116. The highest BCUT2D eigenvalue weighted by Gasteiger charge is 2.23. The van der Waals surface area contributed by atoms with E-state index in [9.17, 15) is 4.79 Å². The minimum Gasteiger partial charge on any atom is -0.459 e. The van der Waals surface area contributed by atoms with Crippen molar-refractivity contribution in [1.82, 2.24) is 4.90 Å². The number of fused-ring (bicyclic) bond motifs is 1. The van der Waals surface area contributed by atoms with Crippen LogP contribution >= 0.6 is 0 Å². The van der Waals surface area contributed by atoms with Crippen molar-refractivity contribution < 1.29 is 18.7 Å². The van der Waals surface area contributed by atoms with Gasteiger partial charge in [-0.15, -0.1) is 0 Å². The van der Waals surface area contributed by atoms with Crippen LogP contribution in [-0.2, 0) is 6.54 Å². The Labute approximate surface area is 129 Å². The van der Waals surface area contributed by atoms with Gasteiger partial charge in [-0.05, 0) is 24.1 Å². The van der Waals surface area contributed by atoms with Crippen LogP contribution in [0.2, 0.25) is 0 Å². The molecule has 2 aromatic rings. The van der Waals surface area contributed by atoms with Crippen LogP contribution in [0, 0.1) is 5.92 Å². The van der Waals surface area contributed by atoms with E-state index in [2.05, 4.69) is 13.8 Å². The molecule has 22 heavy (non-hydrogen) atoms. The molecule has 5 heteroatoms. The SMILES string of the molecule is CC(C)CN(Cc1cccc2c1OCO2)C(=O)c1ccco1. The van der Waals surface area contributed by atoms with Gasteiger partial charge in [0.1, 0.15) is 0 Å². The van der Waals surface area contributed by atoms with Crippen LogP contribution < -0.4 is 9.47 Å². The van der Waals surface area contributed by atoms with E-state index in [0.29, 0.717) is 24.8 Å². The molecule has 0 spiro atoms.